The second-order valence-corrected chi connectivity index (χ2v) is 4.67. The topological polar surface area (TPSA) is 41.3 Å². The van der Waals surface area contributed by atoms with Gasteiger partial charge in [0, 0.05) is 25.3 Å². The van der Waals surface area contributed by atoms with Crippen LogP contribution in [0.15, 0.2) is 36.4 Å². The maximum atomic E-state index is 4.50. The molecule has 0 atom stereocenters. The van der Waals surface area contributed by atoms with Gasteiger partial charge in [0.05, 0.1) is 0 Å². The van der Waals surface area contributed by atoms with Crippen LogP contribution in [0.3, 0.4) is 0 Å². The third-order valence-electron chi connectivity index (χ3n) is 3.51. The van der Waals surface area contributed by atoms with E-state index in [1.165, 1.54) is 29.4 Å². The Labute approximate surface area is 123 Å². The fourth-order valence-corrected chi connectivity index (χ4v) is 2.39. The van der Waals surface area contributed by atoms with Gasteiger partial charge in [-0.3, -0.25) is 0 Å². The molecule has 0 saturated heterocycles. The predicted molar refractivity (Wildman–Crippen MR) is 90.2 cm³/mol. The van der Waals surface area contributed by atoms with Crippen LogP contribution in [-0.2, 0) is 6.42 Å². The van der Waals surface area contributed by atoms with Gasteiger partial charge in [0.15, 0.2) is 0 Å². The van der Waals surface area contributed by atoms with Crippen LogP contribution in [0.5, 0.6) is 0 Å². The van der Waals surface area contributed by atoms with Crippen molar-refractivity contribution < 1.29 is 0 Å². The Morgan fingerprint density at radius 3 is 2.75 bits per heavy atom. The summed E-state index contributed by atoms with van der Waals surface area (Å²) in [5.74, 6) is 0. The number of hydrogen-bond donors (Lipinski definition) is 2. The molecule has 0 spiro atoms. The smallest absolute Gasteiger partial charge is 0.0372 e. The van der Waals surface area contributed by atoms with Gasteiger partial charge >= 0.3 is 0 Å². The van der Waals surface area contributed by atoms with Gasteiger partial charge in [-0.05, 0) is 56.3 Å². The average Bonchev–Trinajstić information content (AvgIpc) is 2.92. The van der Waals surface area contributed by atoms with Crippen LogP contribution < -0.4 is 16.0 Å². The minimum Gasteiger partial charge on any atom is -0.371 e. The second-order valence-electron chi connectivity index (χ2n) is 4.67. The van der Waals surface area contributed by atoms with E-state index >= 15 is 0 Å². The van der Waals surface area contributed by atoms with Crippen LogP contribution in [0, 0.1) is 0 Å². The molecule has 3 nitrogen and oxygen atoms in total. The van der Waals surface area contributed by atoms with E-state index in [0.29, 0.717) is 0 Å². The van der Waals surface area contributed by atoms with Crippen LogP contribution in [0.4, 0.5) is 5.69 Å². The lowest BCUT2D eigenvalue weighted by Gasteiger charge is -2.23. The van der Waals surface area contributed by atoms with E-state index in [4.69, 9.17) is 0 Å². The molecular formula is C17H27N3. The van der Waals surface area contributed by atoms with Crippen LogP contribution in [-0.4, -0.2) is 33.7 Å². The Kier molecular flexibility index (Phi) is 7.05. The Morgan fingerprint density at radius 1 is 1.40 bits per heavy atom. The van der Waals surface area contributed by atoms with Gasteiger partial charge in [-0.1, -0.05) is 24.8 Å². The third-order valence-corrected chi connectivity index (χ3v) is 3.51. The monoisotopic (exact) mass is 273 g/mol. The predicted octanol–water partition coefficient (Wildman–Crippen LogP) is 2.43. The number of nitrogens with zero attached hydrogens (tertiary/aromatic N) is 1. The summed E-state index contributed by atoms with van der Waals surface area (Å²) in [5.41, 5.74) is 9.90. The molecule has 0 radical (unpaired) electrons. The van der Waals surface area contributed by atoms with Gasteiger partial charge in [-0.2, -0.15) is 0 Å². The van der Waals surface area contributed by atoms with Crippen LogP contribution in [0.25, 0.3) is 6.08 Å². The molecule has 0 aromatic heterocycles. The first-order valence-electron chi connectivity index (χ1n) is 7.21. The van der Waals surface area contributed by atoms with E-state index in [1.54, 1.807) is 0 Å². The van der Waals surface area contributed by atoms with Crippen molar-refractivity contribution in [2.24, 2.45) is 5.73 Å². The van der Waals surface area contributed by atoms with Crippen LogP contribution >= 0.6 is 0 Å². The van der Waals surface area contributed by atoms with Crippen molar-refractivity contribution in [1.29, 1.82) is 0 Å². The molecular weight excluding hydrogens is 246 g/mol. The summed E-state index contributed by atoms with van der Waals surface area (Å²) >= 11 is 0. The molecule has 1 aromatic rings. The van der Waals surface area contributed by atoms with E-state index in [9.17, 15) is 0 Å². The molecule has 1 aliphatic carbocycles. The maximum absolute atomic E-state index is 4.50. The first-order chi connectivity index (χ1) is 9.78. The van der Waals surface area contributed by atoms with Crippen molar-refractivity contribution in [3.05, 3.63) is 47.6 Å². The maximum Gasteiger partial charge on any atom is 0.0372 e. The Balaban J connectivity index is 0.000000956. The molecule has 0 fully saturated rings. The zero-order valence-electron chi connectivity index (χ0n) is 12.9. The summed E-state index contributed by atoms with van der Waals surface area (Å²) < 4.78 is 0. The number of benzene rings is 1. The molecule has 110 valence electrons. The van der Waals surface area contributed by atoms with Crippen molar-refractivity contribution >= 4 is 11.8 Å². The fourth-order valence-electron chi connectivity index (χ4n) is 2.39. The molecule has 1 aromatic carbocycles. The van der Waals surface area contributed by atoms with Crippen molar-refractivity contribution in [3.8, 4) is 0 Å². The molecule has 0 aliphatic heterocycles. The molecule has 0 bridgehead atoms. The minimum atomic E-state index is 1.01. The summed E-state index contributed by atoms with van der Waals surface area (Å²) in [6.45, 7) is 9.15. The van der Waals surface area contributed by atoms with E-state index in [0.717, 1.165) is 26.1 Å². The van der Waals surface area contributed by atoms with E-state index in [-0.39, 0.29) is 0 Å². The number of allylic oxidation sites excluding steroid dienone is 2. The molecule has 1 aliphatic rings. The molecule has 0 heterocycles. The number of hydrogen-bond acceptors (Lipinski definition) is 3. The summed E-state index contributed by atoms with van der Waals surface area (Å²) in [4.78, 5) is 2.40. The molecule has 0 amide bonds. The number of nitrogens with two attached hydrogens (primary N) is 1. The second kappa shape index (κ2) is 8.56. The van der Waals surface area contributed by atoms with Crippen LogP contribution in [0.2, 0.25) is 0 Å². The highest BCUT2D eigenvalue weighted by Gasteiger charge is 2.12. The largest absolute Gasteiger partial charge is 0.371 e. The number of anilines is 1. The normalized spacial score (nSPS) is 12.1. The lowest BCUT2D eigenvalue weighted by atomic mass is 10.1. The highest BCUT2D eigenvalue weighted by Crippen LogP contribution is 2.29. The lowest BCUT2D eigenvalue weighted by molar-refractivity contribution is 0.737. The van der Waals surface area contributed by atoms with Crippen molar-refractivity contribution in [2.45, 2.75) is 13.3 Å². The molecule has 0 unspecified atom stereocenters. The van der Waals surface area contributed by atoms with E-state index in [2.05, 4.69) is 53.7 Å². The van der Waals surface area contributed by atoms with E-state index < -0.39 is 0 Å². The molecule has 20 heavy (non-hydrogen) atoms. The molecule has 3 N–H and O–H groups in total. The molecule has 3 heteroatoms. The van der Waals surface area contributed by atoms with Crippen molar-refractivity contribution in [1.82, 2.24) is 5.32 Å². The average molecular weight is 273 g/mol. The van der Waals surface area contributed by atoms with E-state index in [1.807, 2.05) is 13.1 Å². The quantitative estimate of drug-likeness (QED) is 0.836. The SMILES string of the molecule is C=CC1=Cc2cc(N(CC)CCNC)ccc2C1.CN. The third kappa shape index (κ3) is 3.95. The number of likely N-dealkylation sites (N-methyl/N-ethyl adjacent to an activating group) is 2. The Morgan fingerprint density at radius 2 is 2.15 bits per heavy atom. The Hall–Kier alpha value is -1.58. The molecule has 0 saturated carbocycles. The minimum absolute atomic E-state index is 1.01. The number of rotatable bonds is 6. The molecule has 2 rings (SSSR count). The summed E-state index contributed by atoms with van der Waals surface area (Å²) in [6, 6.07) is 6.78. The lowest BCUT2D eigenvalue weighted by Crippen LogP contribution is -2.30. The van der Waals surface area contributed by atoms with Gasteiger partial charge < -0.3 is 16.0 Å². The van der Waals surface area contributed by atoms with Gasteiger partial charge in [-0.25, -0.2) is 0 Å². The Bertz CT molecular complexity index is 463. The highest BCUT2D eigenvalue weighted by atomic mass is 15.1. The van der Waals surface area contributed by atoms with Gasteiger partial charge in [-0.15, -0.1) is 0 Å². The number of fused-ring (bicyclic) bond motifs is 1. The van der Waals surface area contributed by atoms with Crippen molar-refractivity contribution in [3.63, 3.8) is 0 Å². The highest BCUT2D eigenvalue weighted by molar-refractivity contribution is 5.70. The summed E-state index contributed by atoms with van der Waals surface area (Å²) in [5, 5.41) is 3.20. The van der Waals surface area contributed by atoms with Gasteiger partial charge in [0.25, 0.3) is 0 Å². The standard InChI is InChI=1S/C16H22N2.CH5N/c1-4-13-10-14-6-7-16(12-15(14)11-13)18(5-2)9-8-17-3;1-2/h4,6-7,11-12,17H,1,5,8-10H2,2-3H3;2H2,1H3. The zero-order chi connectivity index (χ0) is 15.0. The zero-order valence-corrected chi connectivity index (χ0v) is 12.9. The summed E-state index contributed by atoms with van der Waals surface area (Å²) in [7, 11) is 3.50. The summed E-state index contributed by atoms with van der Waals surface area (Å²) in [6.07, 6.45) is 5.23. The van der Waals surface area contributed by atoms with Crippen molar-refractivity contribution in [2.75, 3.05) is 38.6 Å². The van der Waals surface area contributed by atoms with Gasteiger partial charge in [0.2, 0.25) is 0 Å². The first-order valence-corrected chi connectivity index (χ1v) is 7.21. The first kappa shape index (κ1) is 16.5. The fraction of sp³-hybridized carbons (Fsp3) is 0.412. The van der Waals surface area contributed by atoms with Crippen LogP contribution in [0.1, 0.15) is 18.1 Å². The number of nitrogens with one attached hydrogen (secondary N) is 1. The van der Waals surface area contributed by atoms with Gasteiger partial charge in [0.1, 0.15) is 0 Å².